The third kappa shape index (κ3) is 4.08. The van der Waals surface area contributed by atoms with Gasteiger partial charge in [-0.25, -0.2) is 8.42 Å². The van der Waals surface area contributed by atoms with Gasteiger partial charge < -0.3 is 9.64 Å². The van der Waals surface area contributed by atoms with E-state index in [4.69, 9.17) is 16.3 Å². The van der Waals surface area contributed by atoms with Gasteiger partial charge in [0.15, 0.2) is 9.84 Å². The van der Waals surface area contributed by atoms with Crippen molar-refractivity contribution < 1.29 is 17.9 Å². The Balaban J connectivity index is 1.97. The molecule has 2 aromatic carbocycles. The van der Waals surface area contributed by atoms with E-state index < -0.39 is 15.9 Å². The second-order valence-corrected chi connectivity index (χ2v) is 8.20. The highest BCUT2D eigenvalue weighted by molar-refractivity contribution is 7.94. The topological polar surface area (TPSA) is 63.7 Å². The predicted molar refractivity (Wildman–Crippen MR) is 103 cm³/mol. The van der Waals surface area contributed by atoms with Crippen LogP contribution in [0.5, 0.6) is 5.75 Å². The molecule has 1 unspecified atom stereocenters. The Bertz CT molecular complexity index is 921. The maximum absolute atomic E-state index is 13.1. The van der Waals surface area contributed by atoms with E-state index in [1.54, 1.807) is 54.6 Å². The van der Waals surface area contributed by atoms with Crippen molar-refractivity contribution in [3.63, 3.8) is 0 Å². The molecule has 0 fully saturated rings. The lowest BCUT2D eigenvalue weighted by molar-refractivity contribution is 0.0983. The number of anilines is 1. The van der Waals surface area contributed by atoms with E-state index in [0.717, 1.165) is 5.41 Å². The summed E-state index contributed by atoms with van der Waals surface area (Å²) in [6, 6.07) is 13.0. The summed E-state index contributed by atoms with van der Waals surface area (Å²) in [6.07, 6.45) is 1.54. The Morgan fingerprint density at radius 3 is 2.35 bits per heavy atom. The number of carbonyl (C=O) groups excluding carboxylic acids is 1. The summed E-state index contributed by atoms with van der Waals surface area (Å²) in [6.45, 7) is 2.43. The number of ether oxygens (including phenoxy) is 1. The van der Waals surface area contributed by atoms with Gasteiger partial charge >= 0.3 is 0 Å². The second kappa shape index (κ2) is 7.51. The minimum Gasteiger partial charge on any atom is -0.494 e. The fourth-order valence-corrected chi connectivity index (χ4v) is 4.17. The molecule has 5 nitrogen and oxygen atoms in total. The minimum atomic E-state index is -3.31. The van der Waals surface area contributed by atoms with Crippen LogP contribution in [0.4, 0.5) is 5.69 Å². The maximum atomic E-state index is 13.1. The molecule has 0 aromatic heterocycles. The molecule has 3 rings (SSSR count). The minimum absolute atomic E-state index is 0.139. The quantitative estimate of drug-likeness (QED) is 0.779. The van der Waals surface area contributed by atoms with E-state index in [0.29, 0.717) is 28.6 Å². The molecule has 1 amide bonds. The Hall–Kier alpha value is -2.31. The van der Waals surface area contributed by atoms with Gasteiger partial charge in [-0.3, -0.25) is 4.79 Å². The molecule has 0 saturated carbocycles. The van der Waals surface area contributed by atoms with Crippen molar-refractivity contribution in [1.82, 2.24) is 0 Å². The molecule has 136 valence electrons. The molecule has 7 heteroatoms. The van der Waals surface area contributed by atoms with E-state index in [1.165, 1.54) is 4.90 Å². The average molecular weight is 392 g/mol. The highest BCUT2D eigenvalue weighted by Gasteiger charge is 2.32. The first-order chi connectivity index (χ1) is 12.4. The van der Waals surface area contributed by atoms with Crippen LogP contribution in [0.1, 0.15) is 17.3 Å². The fourth-order valence-electron chi connectivity index (χ4n) is 2.78. The maximum Gasteiger partial charge on any atom is 0.258 e. The van der Waals surface area contributed by atoms with Crippen LogP contribution >= 0.6 is 11.6 Å². The van der Waals surface area contributed by atoms with E-state index in [2.05, 4.69) is 0 Å². The third-order valence-corrected chi connectivity index (χ3v) is 5.61. The van der Waals surface area contributed by atoms with Gasteiger partial charge in [0.25, 0.3) is 5.91 Å². The molecule has 2 aromatic rings. The van der Waals surface area contributed by atoms with Crippen molar-refractivity contribution in [3.8, 4) is 5.75 Å². The summed E-state index contributed by atoms with van der Waals surface area (Å²) in [5.74, 6) is 0.252. The van der Waals surface area contributed by atoms with Crippen molar-refractivity contribution in [1.29, 1.82) is 0 Å². The second-order valence-electron chi connectivity index (χ2n) is 5.83. The van der Waals surface area contributed by atoms with Crippen LogP contribution in [0.25, 0.3) is 0 Å². The summed E-state index contributed by atoms with van der Waals surface area (Å²) in [7, 11) is -3.31. The number of halogens is 1. The zero-order valence-electron chi connectivity index (χ0n) is 14.1. The van der Waals surface area contributed by atoms with Crippen LogP contribution in [-0.2, 0) is 9.84 Å². The molecule has 0 bridgehead atoms. The van der Waals surface area contributed by atoms with Gasteiger partial charge in [0, 0.05) is 21.7 Å². The number of sulfone groups is 1. The molecule has 1 atom stereocenters. The molecule has 1 heterocycles. The fraction of sp³-hybridized carbons (Fsp3) is 0.211. The Kier molecular flexibility index (Phi) is 5.34. The van der Waals surface area contributed by atoms with E-state index in [1.807, 2.05) is 6.92 Å². The van der Waals surface area contributed by atoms with Crippen LogP contribution in [0.15, 0.2) is 60.0 Å². The number of benzene rings is 2. The Morgan fingerprint density at radius 1 is 1.15 bits per heavy atom. The van der Waals surface area contributed by atoms with Gasteiger partial charge in [0.1, 0.15) is 5.75 Å². The molecule has 0 spiro atoms. The van der Waals surface area contributed by atoms with Crippen molar-refractivity contribution in [2.24, 2.45) is 0 Å². The van der Waals surface area contributed by atoms with Gasteiger partial charge in [0.05, 0.1) is 18.4 Å². The summed E-state index contributed by atoms with van der Waals surface area (Å²) < 4.78 is 29.1. The van der Waals surface area contributed by atoms with Gasteiger partial charge in [0.2, 0.25) is 0 Å². The summed E-state index contributed by atoms with van der Waals surface area (Å²) in [5.41, 5.74) is 1.03. The molecule has 0 aliphatic carbocycles. The normalized spacial score (nSPS) is 17.8. The molecular weight excluding hydrogens is 374 g/mol. The van der Waals surface area contributed by atoms with Crippen LogP contribution in [0.3, 0.4) is 0 Å². The summed E-state index contributed by atoms with van der Waals surface area (Å²) in [5, 5.41) is 1.69. The summed E-state index contributed by atoms with van der Waals surface area (Å²) in [4.78, 5) is 14.6. The zero-order valence-corrected chi connectivity index (χ0v) is 15.7. The highest BCUT2D eigenvalue weighted by atomic mass is 35.5. The number of hydrogen-bond donors (Lipinski definition) is 0. The molecular formula is C19H18ClNO4S. The molecule has 0 saturated heterocycles. The van der Waals surface area contributed by atoms with Gasteiger partial charge in [-0.2, -0.15) is 0 Å². The van der Waals surface area contributed by atoms with Crippen molar-refractivity contribution in [2.75, 3.05) is 17.3 Å². The largest absolute Gasteiger partial charge is 0.494 e. The van der Waals surface area contributed by atoms with E-state index in [-0.39, 0.29) is 11.7 Å². The molecule has 1 aliphatic rings. The number of hydrogen-bond acceptors (Lipinski definition) is 4. The van der Waals surface area contributed by atoms with Crippen LogP contribution in [0.2, 0.25) is 5.02 Å². The lowest BCUT2D eigenvalue weighted by Crippen LogP contribution is -2.41. The number of nitrogens with zero attached hydrogens (tertiary/aromatic N) is 1. The van der Waals surface area contributed by atoms with Crippen LogP contribution in [0, 0.1) is 0 Å². The highest BCUT2D eigenvalue weighted by Crippen LogP contribution is 2.27. The summed E-state index contributed by atoms with van der Waals surface area (Å²) >= 11 is 5.90. The third-order valence-electron chi connectivity index (χ3n) is 3.98. The molecule has 1 aliphatic heterocycles. The standard InChI is InChI=1S/C19H18ClNO4S/c1-2-25-18-9-7-16(8-10-18)21(17-11-12-26(23,24)13-17)19(22)14-3-5-15(20)6-4-14/h3-12,17H,2,13H2,1H3. The van der Waals surface area contributed by atoms with Crippen LogP contribution in [-0.4, -0.2) is 32.7 Å². The van der Waals surface area contributed by atoms with Gasteiger partial charge in [-0.05, 0) is 61.5 Å². The number of carbonyl (C=O) groups is 1. The Labute approximate surface area is 157 Å². The molecule has 26 heavy (non-hydrogen) atoms. The van der Waals surface area contributed by atoms with Crippen molar-refractivity contribution in [3.05, 3.63) is 70.6 Å². The van der Waals surface area contributed by atoms with Crippen LogP contribution < -0.4 is 9.64 Å². The van der Waals surface area contributed by atoms with Crippen molar-refractivity contribution in [2.45, 2.75) is 13.0 Å². The van der Waals surface area contributed by atoms with Gasteiger partial charge in [-0.1, -0.05) is 11.6 Å². The molecule has 0 N–H and O–H groups in total. The smallest absolute Gasteiger partial charge is 0.258 e. The lowest BCUT2D eigenvalue weighted by Gasteiger charge is -2.28. The first-order valence-corrected chi connectivity index (χ1v) is 10.2. The first-order valence-electron chi connectivity index (χ1n) is 8.12. The monoisotopic (exact) mass is 391 g/mol. The zero-order chi connectivity index (χ0) is 18.7. The van der Waals surface area contributed by atoms with Crippen molar-refractivity contribution >= 4 is 33.0 Å². The lowest BCUT2D eigenvalue weighted by atomic mass is 10.1. The Morgan fingerprint density at radius 2 is 1.81 bits per heavy atom. The van der Waals surface area contributed by atoms with E-state index >= 15 is 0 Å². The molecule has 0 radical (unpaired) electrons. The van der Waals surface area contributed by atoms with Gasteiger partial charge in [-0.15, -0.1) is 0 Å². The van der Waals surface area contributed by atoms with E-state index in [9.17, 15) is 13.2 Å². The number of amides is 1. The predicted octanol–water partition coefficient (Wildman–Crippen LogP) is 3.70. The average Bonchev–Trinajstić information content (AvgIpc) is 2.97. The number of rotatable bonds is 5. The SMILES string of the molecule is CCOc1ccc(N(C(=O)c2ccc(Cl)cc2)C2C=CS(=O)(=O)C2)cc1. The first kappa shape index (κ1) is 18.5.